The summed E-state index contributed by atoms with van der Waals surface area (Å²) in [6, 6.07) is 6.55. The molecule has 0 saturated heterocycles. The molecule has 2 heteroatoms. The third kappa shape index (κ3) is 2.57. The van der Waals surface area contributed by atoms with Crippen LogP contribution in [0.15, 0.2) is 18.2 Å². The van der Waals surface area contributed by atoms with Crippen LogP contribution in [0.25, 0.3) is 0 Å². The predicted octanol–water partition coefficient (Wildman–Crippen LogP) is 4.01. The number of halogens is 2. The van der Waals surface area contributed by atoms with Gasteiger partial charge in [-0.1, -0.05) is 68.9 Å². The van der Waals surface area contributed by atoms with Crippen molar-refractivity contribution in [2.75, 3.05) is 0 Å². The molecule has 0 amide bonds. The van der Waals surface area contributed by atoms with Crippen LogP contribution in [0.4, 0.5) is 0 Å². The molecule has 0 bridgehead atoms. The summed E-state index contributed by atoms with van der Waals surface area (Å²) in [6.07, 6.45) is 0. The van der Waals surface area contributed by atoms with Gasteiger partial charge in [0, 0.05) is 0 Å². The van der Waals surface area contributed by atoms with Crippen LogP contribution in [0.3, 0.4) is 0 Å². The molecular formula is C9H9I2. The van der Waals surface area contributed by atoms with Gasteiger partial charge >= 0.3 is 0 Å². The molecule has 0 fully saturated rings. The second kappa shape index (κ2) is 4.07. The topological polar surface area (TPSA) is 0 Å². The van der Waals surface area contributed by atoms with Crippen molar-refractivity contribution in [2.45, 2.75) is 13.8 Å². The summed E-state index contributed by atoms with van der Waals surface area (Å²) >= 11 is 4.70. The maximum Gasteiger partial charge on any atom is 0.126 e. The average Bonchev–Trinajstić information content (AvgIpc) is 1.85. The van der Waals surface area contributed by atoms with Crippen molar-refractivity contribution < 1.29 is 0 Å². The van der Waals surface area contributed by atoms with Crippen molar-refractivity contribution in [3.05, 3.63) is 36.8 Å². The molecule has 1 aromatic rings. The number of hydrogen-bond donors (Lipinski definition) is 0. The SMILES string of the molecule is Cc1ccc([C](I)I)c(C)c1. The van der Waals surface area contributed by atoms with Crippen LogP contribution in [0.1, 0.15) is 16.7 Å². The van der Waals surface area contributed by atoms with E-state index in [0.717, 1.165) is 0 Å². The van der Waals surface area contributed by atoms with E-state index in [9.17, 15) is 0 Å². The van der Waals surface area contributed by atoms with Gasteiger partial charge < -0.3 is 0 Å². The lowest BCUT2D eigenvalue weighted by Crippen LogP contribution is -1.87. The first-order valence-electron chi connectivity index (χ1n) is 3.37. The normalized spacial score (nSPS) is 10.6. The van der Waals surface area contributed by atoms with Gasteiger partial charge in [-0.2, -0.15) is 0 Å². The first-order valence-corrected chi connectivity index (χ1v) is 5.52. The summed E-state index contributed by atoms with van der Waals surface area (Å²) in [5.74, 6) is 0. The average molecular weight is 371 g/mol. The fraction of sp³-hybridized carbons (Fsp3) is 0.222. The Morgan fingerprint density at radius 1 is 1.18 bits per heavy atom. The molecule has 0 atom stereocenters. The summed E-state index contributed by atoms with van der Waals surface area (Å²) in [6.45, 7) is 4.27. The lowest BCUT2D eigenvalue weighted by Gasteiger charge is -2.05. The third-order valence-electron chi connectivity index (χ3n) is 1.59. The quantitative estimate of drug-likeness (QED) is 0.655. The van der Waals surface area contributed by atoms with E-state index in [1.807, 2.05) is 0 Å². The summed E-state index contributed by atoms with van der Waals surface area (Å²) in [7, 11) is 0. The lowest BCUT2D eigenvalue weighted by atomic mass is 10.1. The van der Waals surface area contributed by atoms with Gasteiger partial charge in [-0.15, -0.1) is 0 Å². The molecule has 0 aliphatic heterocycles. The zero-order valence-corrected chi connectivity index (χ0v) is 10.8. The van der Waals surface area contributed by atoms with Gasteiger partial charge in [-0.25, -0.2) is 0 Å². The Kier molecular flexibility index (Phi) is 3.61. The second-order valence-corrected chi connectivity index (χ2v) is 6.80. The molecule has 0 saturated carbocycles. The smallest absolute Gasteiger partial charge is 0.0591 e. The van der Waals surface area contributed by atoms with Gasteiger partial charge in [-0.3, -0.25) is 0 Å². The third-order valence-corrected chi connectivity index (χ3v) is 2.75. The van der Waals surface area contributed by atoms with Crippen LogP contribution in [0, 0.1) is 15.8 Å². The summed E-state index contributed by atoms with van der Waals surface area (Å²) in [5.41, 5.74) is 4.06. The largest absolute Gasteiger partial charge is 0.126 e. The standard InChI is InChI=1S/C9H9I2/c1-6-3-4-8(9(10)11)7(2)5-6/h3-5H,1-2H3. The van der Waals surface area contributed by atoms with E-state index in [2.05, 4.69) is 77.2 Å². The Morgan fingerprint density at radius 2 is 1.82 bits per heavy atom. The Bertz CT molecular complexity index is 254. The van der Waals surface area contributed by atoms with E-state index in [4.69, 9.17) is 0 Å². The second-order valence-electron chi connectivity index (χ2n) is 2.58. The number of rotatable bonds is 1. The first-order chi connectivity index (χ1) is 5.11. The molecule has 0 unspecified atom stereocenters. The molecule has 0 spiro atoms. The maximum atomic E-state index is 2.35. The van der Waals surface area contributed by atoms with E-state index >= 15 is 0 Å². The van der Waals surface area contributed by atoms with E-state index in [1.54, 1.807) is 0 Å². The van der Waals surface area contributed by atoms with Crippen molar-refractivity contribution in [2.24, 2.45) is 0 Å². The molecule has 1 radical (unpaired) electrons. The summed E-state index contributed by atoms with van der Waals surface area (Å²) in [5, 5.41) is 0. The maximum absolute atomic E-state index is 2.35. The molecule has 0 aliphatic rings. The minimum Gasteiger partial charge on any atom is -0.0591 e. The van der Waals surface area contributed by atoms with Crippen LogP contribution in [0.2, 0.25) is 0 Å². The zero-order valence-electron chi connectivity index (χ0n) is 6.49. The van der Waals surface area contributed by atoms with Crippen LogP contribution >= 0.6 is 45.2 Å². The first kappa shape index (κ1) is 9.77. The van der Waals surface area contributed by atoms with E-state index < -0.39 is 0 Å². The molecular weight excluding hydrogens is 362 g/mol. The summed E-state index contributed by atoms with van der Waals surface area (Å²) in [4.78, 5) is 0. The highest BCUT2D eigenvalue weighted by Gasteiger charge is 2.05. The molecule has 0 nitrogen and oxygen atoms in total. The van der Waals surface area contributed by atoms with Crippen molar-refractivity contribution in [3.63, 3.8) is 0 Å². The Morgan fingerprint density at radius 3 is 2.27 bits per heavy atom. The summed E-state index contributed by atoms with van der Waals surface area (Å²) < 4.78 is 1.33. The highest BCUT2D eigenvalue weighted by molar-refractivity contribution is 14.2. The molecule has 1 aromatic carbocycles. The van der Waals surface area contributed by atoms with E-state index in [1.165, 1.54) is 18.6 Å². The monoisotopic (exact) mass is 371 g/mol. The van der Waals surface area contributed by atoms with Gasteiger partial charge in [0.2, 0.25) is 0 Å². The molecule has 11 heavy (non-hydrogen) atoms. The molecule has 0 N–H and O–H groups in total. The van der Waals surface area contributed by atoms with Crippen molar-refractivity contribution in [3.8, 4) is 0 Å². The van der Waals surface area contributed by atoms with Crippen molar-refractivity contribution in [1.29, 1.82) is 0 Å². The molecule has 0 aromatic heterocycles. The molecule has 59 valence electrons. The van der Waals surface area contributed by atoms with Gasteiger partial charge in [0.15, 0.2) is 0 Å². The minimum absolute atomic E-state index is 1.33. The highest BCUT2D eigenvalue weighted by Crippen LogP contribution is 2.31. The van der Waals surface area contributed by atoms with Gasteiger partial charge in [0.05, 0.1) is 0 Å². The molecule has 1 rings (SSSR count). The van der Waals surface area contributed by atoms with Gasteiger partial charge in [0.25, 0.3) is 0 Å². The minimum atomic E-state index is 1.33. The zero-order chi connectivity index (χ0) is 8.43. The molecule has 0 aliphatic carbocycles. The number of benzene rings is 1. The van der Waals surface area contributed by atoms with Crippen LogP contribution < -0.4 is 0 Å². The van der Waals surface area contributed by atoms with Crippen LogP contribution in [0.5, 0.6) is 0 Å². The molecule has 0 heterocycles. The van der Waals surface area contributed by atoms with E-state index in [-0.39, 0.29) is 0 Å². The highest BCUT2D eigenvalue weighted by atomic mass is 127. The van der Waals surface area contributed by atoms with Gasteiger partial charge in [-0.05, 0) is 25.0 Å². The Balaban J connectivity index is 3.09. The lowest BCUT2D eigenvalue weighted by molar-refractivity contribution is 1.35. The fourth-order valence-electron chi connectivity index (χ4n) is 1.03. The Labute approximate surface area is 95.0 Å². The van der Waals surface area contributed by atoms with E-state index in [0.29, 0.717) is 0 Å². The predicted molar refractivity (Wildman–Crippen MR) is 66.3 cm³/mol. The fourth-order valence-corrected chi connectivity index (χ4v) is 2.24. The van der Waals surface area contributed by atoms with Gasteiger partial charge in [0.1, 0.15) is 1.93 Å². The number of hydrogen-bond acceptors (Lipinski definition) is 0. The van der Waals surface area contributed by atoms with Crippen LogP contribution in [-0.4, -0.2) is 0 Å². The Hall–Kier alpha value is 0.680. The number of aryl methyl sites for hydroxylation is 2. The van der Waals surface area contributed by atoms with Crippen LogP contribution in [-0.2, 0) is 0 Å². The van der Waals surface area contributed by atoms with Crippen molar-refractivity contribution in [1.82, 2.24) is 0 Å². The van der Waals surface area contributed by atoms with Crippen molar-refractivity contribution >= 4 is 45.2 Å².